The van der Waals surface area contributed by atoms with Crippen molar-refractivity contribution < 1.29 is 8.42 Å². The van der Waals surface area contributed by atoms with E-state index in [1.807, 2.05) is 6.07 Å². The Balaban J connectivity index is 2.28. The van der Waals surface area contributed by atoms with E-state index in [1.54, 1.807) is 24.3 Å². The first-order chi connectivity index (χ1) is 7.58. The summed E-state index contributed by atoms with van der Waals surface area (Å²) in [4.78, 5) is 3.81. The lowest BCUT2D eigenvalue weighted by atomic mass is 10.2. The maximum Gasteiger partial charge on any atom is 0.229 e. The highest BCUT2D eigenvalue weighted by molar-refractivity contribution is 9.10. The monoisotopic (exact) mass is 318 g/mol. The first-order valence-electron chi connectivity index (χ1n) is 4.34. The molecule has 0 saturated carbocycles. The summed E-state index contributed by atoms with van der Waals surface area (Å²) in [5.41, 5.74) is 0.744. The van der Waals surface area contributed by atoms with Gasteiger partial charge in [-0.1, -0.05) is 30.3 Å². The van der Waals surface area contributed by atoms with Crippen LogP contribution in [0.5, 0.6) is 0 Å². The molecule has 2 rings (SSSR count). The molecule has 0 radical (unpaired) electrons. The minimum atomic E-state index is -3.38. The molecule has 0 aliphatic heterocycles. The van der Waals surface area contributed by atoms with Crippen LogP contribution in [-0.4, -0.2) is 17.8 Å². The second-order valence-electron chi connectivity index (χ2n) is 3.07. The van der Waals surface area contributed by atoms with Crippen LogP contribution in [0.2, 0.25) is 0 Å². The van der Waals surface area contributed by atoms with Crippen molar-refractivity contribution in [3.63, 3.8) is 0 Å². The Morgan fingerprint density at radius 3 is 2.50 bits per heavy atom. The average Bonchev–Trinajstić information content (AvgIpc) is 2.66. The molecule has 4 nitrogen and oxygen atoms in total. The zero-order valence-electron chi connectivity index (χ0n) is 8.00. The van der Waals surface area contributed by atoms with Crippen molar-refractivity contribution in [2.45, 2.75) is 10.1 Å². The molecular weight excluding hydrogens is 312 g/mol. The number of benzene rings is 1. The van der Waals surface area contributed by atoms with E-state index in [0.717, 1.165) is 17.1 Å². The lowest BCUT2D eigenvalue weighted by Gasteiger charge is -1.99. The molecule has 84 valence electrons. The molecule has 0 aliphatic carbocycles. The van der Waals surface area contributed by atoms with Gasteiger partial charge < -0.3 is 0 Å². The summed E-state index contributed by atoms with van der Waals surface area (Å²) in [6, 6.07) is 9.00. The summed E-state index contributed by atoms with van der Waals surface area (Å²) in [5.74, 6) is -0.0462. The summed E-state index contributed by atoms with van der Waals surface area (Å²) in [5, 5.41) is 0. The number of aromatic nitrogens is 2. The quantitative estimate of drug-likeness (QED) is 0.871. The largest absolute Gasteiger partial charge is 0.229 e. The Hall–Kier alpha value is -0.790. The van der Waals surface area contributed by atoms with Crippen molar-refractivity contribution in [3.05, 3.63) is 40.6 Å². The molecule has 0 unspecified atom stereocenters. The van der Waals surface area contributed by atoms with E-state index in [-0.39, 0.29) is 10.1 Å². The van der Waals surface area contributed by atoms with Gasteiger partial charge in [0.1, 0.15) is 0 Å². The van der Waals surface area contributed by atoms with Crippen molar-refractivity contribution in [2.24, 2.45) is 0 Å². The van der Waals surface area contributed by atoms with Crippen molar-refractivity contribution in [2.75, 3.05) is 0 Å². The normalized spacial score (nSPS) is 11.6. The second kappa shape index (κ2) is 4.60. The molecule has 0 N–H and O–H groups in total. The second-order valence-corrected chi connectivity index (χ2v) is 6.70. The Morgan fingerprint density at radius 2 is 1.94 bits per heavy atom. The molecule has 2 aromatic rings. The van der Waals surface area contributed by atoms with Crippen LogP contribution in [0.25, 0.3) is 0 Å². The van der Waals surface area contributed by atoms with Crippen LogP contribution in [0.3, 0.4) is 0 Å². The van der Waals surface area contributed by atoms with E-state index in [2.05, 4.69) is 25.3 Å². The summed E-state index contributed by atoms with van der Waals surface area (Å²) in [6.45, 7) is 0. The third-order valence-corrected chi connectivity index (χ3v) is 5.27. The van der Waals surface area contributed by atoms with Crippen molar-refractivity contribution in [1.82, 2.24) is 9.36 Å². The van der Waals surface area contributed by atoms with Gasteiger partial charge in [0.05, 0.1) is 5.75 Å². The van der Waals surface area contributed by atoms with Crippen LogP contribution < -0.4 is 0 Å². The van der Waals surface area contributed by atoms with E-state index in [1.165, 1.54) is 0 Å². The van der Waals surface area contributed by atoms with Crippen LogP contribution in [0.15, 0.2) is 39.4 Å². The standard InChI is InChI=1S/C9H7BrN2O2S2/c10-8-11-9(15-12-8)16(13,14)6-7-4-2-1-3-5-7/h1-5H,6H2. The molecule has 0 amide bonds. The molecule has 16 heavy (non-hydrogen) atoms. The lowest BCUT2D eigenvalue weighted by Crippen LogP contribution is -2.04. The highest BCUT2D eigenvalue weighted by Crippen LogP contribution is 2.20. The number of hydrogen-bond donors (Lipinski definition) is 0. The zero-order valence-corrected chi connectivity index (χ0v) is 11.2. The average molecular weight is 319 g/mol. The van der Waals surface area contributed by atoms with Crippen molar-refractivity contribution in [3.8, 4) is 0 Å². The highest BCUT2D eigenvalue weighted by atomic mass is 79.9. The lowest BCUT2D eigenvalue weighted by molar-refractivity contribution is 0.594. The van der Waals surface area contributed by atoms with E-state index >= 15 is 0 Å². The van der Waals surface area contributed by atoms with Crippen molar-refractivity contribution in [1.29, 1.82) is 0 Å². The number of nitrogens with zero attached hydrogens (tertiary/aromatic N) is 2. The molecule has 1 aromatic heterocycles. The molecule has 0 bridgehead atoms. The van der Waals surface area contributed by atoms with Crippen molar-refractivity contribution >= 4 is 37.3 Å². The molecule has 0 spiro atoms. The van der Waals surface area contributed by atoms with Gasteiger partial charge in [-0.15, -0.1) is 0 Å². The van der Waals surface area contributed by atoms with Gasteiger partial charge in [-0.2, -0.15) is 9.36 Å². The molecule has 1 aromatic carbocycles. The third-order valence-electron chi connectivity index (χ3n) is 1.85. The molecule has 1 heterocycles. The number of hydrogen-bond acceptors (Lipinski definition) is 5. The van der Waals surface area contributed by atoms with Gasteiger partial charge in [-0.25, -0.2) is 8.42 Å². The molecular formula is C9H7BrN2O2S2. The SMILES string of the molecule is O=S(=O)(Cc1ccccc1)c1nc(Br)ns1. The van der Waals surface area contributed by atoms with Gasteiger partial charge in [0.2, 0.25) is 18.9 Å². The van der Waals surface area contributed by atoms with E-state index < -0.39 is 9.84 Å². The molecule has 7 heteroatoms. The Labute approximate surface area is 106 Å². The molecule has 0 atom stereocenters. The van der Waals surface area contributed by atoms with Gasteiger partial charge in [-0.05, 0) is 33.0 Å². The van der Waals surface area contributed by atoms with Gasteiger partial charge in [0.25, 0.3) is 0 Å². The Bertz CT molecular complexity index is 581. The summed E-state index contributed by atoms with van der Waals surface area (Å²) in [7, 11) is -3.38. The zero-order chi connectivity index (χ0) is 11.6. The van der Waals surface area contributed by atoms with Crippen LogP contribution in [-0.2, 0) is 15.6 Å². The first kappa shape index (κ1) is 11.7. The summed E-state index contributed by atoms with van der Waals surface area (Å²) < 4.78 is 28.0. The Kier molecular flexibility index (Phi) is 3.36. The molecule has 0 saturated heterocycles. The predicted molar refractivity (Wildman–Crippen MR) is 64.9 cm³/mol. The summed E-state index contributed by atoms with van der Waals surface area (Å²) in [6.07, 6.45) is 0. The topological polar surface area (TPSA) is 59.9 Å². The third kappa shape index (κ3) is 2.66. The van der Waals surface area contributed by atoms with Gasteiger partial charge in [-0.3, -0.25) is 0 Å². The molecule has 0 aliphatic rings. The van der Waals surface area contributed by atoms with Gasteiger partial charge in [0, 0.05) is 0 Å². The van der Waals surface area contributed by atoms with Gasteiger partial charge in [0.15, 0.2) is 0 Å². The minimum absolute atomic E-state index is 0.0447. The fourth-order valence-corrected chi connectivity index (χ4v) is 3.85. The van der Waals surface area contributed by atoms with Crippen LogP contribution >= 0.6 is 27.5 Å². The predicted octanol–water partition coefficient (Wildman–Crippen LogP) is 2.27. The van der Waals surface area contributed by atoms with Crippen LogP contribution in [0.4, 0.5) is 0 Å². The van der Waals surface area contributed by atoms with E-state index in [0.29, 0.717) is 4.73 Å². The Morgan fingerprint density at radius 1 is 1.25 bits per heavy atom. The summed E-state index contributed by atoms with van der Waals surface area (Å²) >= 11 is 3.91. The highest BCUT2D eigenvalue weighted by Gasteiger charge is 2.20. The number of halogens is 1. The van der Waals surface area contributed by atoms with E-state index in [9.17, 15) is 8.42 Å². The van der Waals surface area contributed by atoms with Crippen LogP contribution in [0, 0.1) is 0 Å². The fraction of sp³-hybridized carbons (Fsp3) is 0.111. The maximum atomic E-state index is 11.9. The fourth-order valence-electron chi connectivity index (χ4n) is 1.17. The van der Waals surface area contributed by atoms with Gasteiger partial charge >= 0.3 is 0 Å². The smallest absolute Gasteiger partial charge is 0.221 e. The maximum absolute atomic E-state index is 11.9. The molecule has 0 fully saturated rings. The number of rotatable bonds is 3. The first-order valence-corrected chi connectivity index (χ1v) is 7.56. The van der Waals surface area contributed by atoms with E-state index in [4.69, 9.17) is 0 Å². The number of sulfone groups is 1. The minimum Gasteiger partial charge on any atom is -0.221 e. The van der Waals surface area contributed by atoms with Crippen LogP contribution in [0.1, 0.15) is 5.56 Å².